The van der Waals surface area contributed by atoms with Crippen LogP contribution in [0.25, 0.3) is 22.1 Å². The molecule has 1 aliphatic rings. The molecule has 3 heterocycles. The van der Waals surface area contributed by atoms with Gasteiger partial charge in [0.1, 0.15) is 12.1 Å². The van der Waals surface area contributed by atoms with Crippen molar-refractivity contribution in [2.24, 2.45) is 0 Å². The number of aromatic nitrogens is 4. The summed E-state index contributed by atoms with van der Waals surface area (Å²) in [4.78, 5) is 34.4. The molecule has 1 aliphatic heterocycles. The van der Waals surface area contributed by atoms with Crippen LogP contribution in [0.4, 0.5) is 0 Å². The zero-order chi connectivity index (χ0) is 31.2. The van der Waals surface area contributed by atoms with Crippen LogP contribution in [-0.4, -0.2) is 79.4 Å². The zero-order valence-corrected chi connectivity index (χ0v) is 26.6. The number of ether oxygens (including phenoxy) is 1. The van der Waals surface area contributed by atoms with Gasteiger partial charge in [-0.3, -0.25) is 9.59 Å². The van der Waals surface area contributed by atoms with Crippen molar-refractivity contribution in [3.8, 4) is 0 Å². The third-order valence-corrected chi connectivity index (χ3v) is 9.11. The molecular weight excluding hydrogens is 584 g/mol. The lowest BCUT2D eigenvalue weighted by Gasteiger charge is -2.40. The molecule has 0 bridgehead atoms. The van der Waals surface area contributed by atoms with E-state index in [1.165, 1.54) is 22.9 Å². The average Bonchev–Trinajstić information content (AvgIpc) is 3.35. The van der Waals surface area contributed by atoms with Gasteiger partial charge in [-0.25, -0.2) is 4.98 Å². The second-order valence-corrected chi connectivity index (χ2v) is 12.6. The summed E-state index contributed by atoms with van der Waals surface area (Å²) in [5.74, 6) is 0.789. The molecule has 1 atom stereocenters. The molecule has 9 nitrogen and oxygen atoms in total. The number of thioether (sulfide) groups is 1. The van der Waals surface area contributed by atoms with Crippen molar-refractivity contribution in [2.45, 2.75) is 51.0 Å². The molecular formula is C35H38N6O3S. The van der Waals surface area contributed by atoms with Crippen molar-refractivity contribution in [1.29, 1.82) is 0 Å². The first-order valence-corrected chi connectivity index (χ1v) is 16.4. The van der Waals surface area contributed by atoms with E-state index in [2.05, 4.69) is 52.0 Å². The Balaban J connectivity index is 1.01. The molecule has 0 spiro atoms. The molecule has 232 valence electrons. The van der Waals surface area contributed by atoms with Gasteiger partial charge in [0.2, 0.25) is 17.0 Å². The number of benzene rings is 3. The summed E-state index contributed by atoms with van der Waals surface area (Å²) in [5.41, 5.74) is 6.11. The number of piperazine rings is 1. The van der Waals surface area contributed by atoms with Gasteiger partial charge in [-0.05, 0) is 43.5 Å². The van der Waals surface area contributed by atoms with Gasteiger partial charge >= 0.3 is 0 Å². The highest BCUT2D eigenvalue weighted by molar-refractivity contribution is 7.99. The van der Waals surface area contributed by atoms with Crippen LogP contribution in [0.2, 0.25) is 0 Å². The molecule has 5 aromatic rings. The second-order valence-electron chi connectivity index (χ2n) is 11.6. The minimum absolute atomic E-state index is 0.0366. The third-order valence-electron chi connectivity index (χ3n) is 8.19. The molecule has 0 radical (unpaired) electrons. The van der Waals surface area contributed by atoms with Gasteiger partial charge in [0, 0.05) is 49.8 Å². The lowest BCUT2D eigenvalue weighted by molar-refractivity contribution is -0.145. The predicted octanol–water partition coefficient (Wildman–Crippen LogP) is 5.48. The zero-order valence-electron chi connectivity index (χ0n) is 25.8. The summed E-state index contributed by atoms with van der Waals surface area (Å²) >= 11 is 1.53. The molecule has 0 saturated carbocycles. The Morgan fingerprint density at radius 2 is 1.69 bits per heavy atom. The van der Waals surface area contributed by atoms with Gasteiger partial charge in [0.05, 0.1) is 12.1 Å². The lowest BCUT2D eigenvalue weighted by Crippen LogP contribution is -2.56. The monoisotopic (exact) mass is 622 g/mol. The molecule has 3 aromatic carbocycles. The van der Waals surface area contributed by atoms with Crippen molar-refractivity contribution in [3.63, 3.8) is 0 Å². The molecule has 6 rings (SSSR count). The smallest absolute Gasteiger partial charge is 0.248 e. The van der Waals surface area contributed by atoms with E-state index in [9.17, 15) is 9.59 Å². The summed E-state index contributed by atoms with van der Waals surface area (Å²) in [6.07, 6.45) is 1.15. The third kappa shape index (κ3) is 7.34. The van der Waals surface area contributed by atoms with E-state index in [0.29, 0.717) is 56.5 Å². The highest BCUT2D eigenvalue weighted by Gasteiger charge is 2.29. The number of fused-ring (bicyclic) bond motifs is 3. The van der Waals surface area contributed by atoms with E-state index in [4.69, 9.17) is 9.72 Å². The molecule has 45 heavy (non-hydrogen) atoms. The quantitative estimate of drug-likeness (QED) is 0.142. The Morgan fingerprint density at radius 3 is 2.44 bits per heavy atom. The molecule has 0 unspecified atom stereocenters. The van der Waals surface area contributed by atoms with Crippen molar-refractivity contribution < 1.29 is 14.3 Å². The van der Waals surface area contributed by atoms with E-state index in [0.717, 1.165) is 27.6 Å². The minimum atomic E-state index is -0.0532. The lowest BCUT2D eigenvalue weighted by atomic mass is 10.1. The van der Waals surface area contributed by atoms with E-state index < -0.39 is 0 Å². The summed E-state index contributed by atoms with van der Waals surface area (Å²) in [6.45, 7) is 6.80. The second kappa shape index (κ2) is 14.2. The summed E-state index contributed by atoms with van der Waals surface area (Å²) in [6, 6.07) is 26.5. The van der Waals surface area contributed by atoms with Crippen LogP contribution in [0.1, 0.15) is 36.5 Å². The number of carbonyl (C=O) groups is 2. The largest absolute Gasteiger partial charge is 0.367 e. The fourth-order valence-corrected chi connectivity index (χ4v) is 6.58. The number of hydrogen-bond donors (Lipinski definition) is 0. The van der Waals surface area contributed by atoms with Crippen molar-refractivity contribution in [1.82, 2.24) is 29.5 Å². The van der Waals surface area contributed by atoms with Gasteiger partial charge in [0.25, 0.3) is 0 Å². The first-order chi connectivity index (χ1) is 22.0. The highest BCUT2D eigenvalue weighted by Crippen LogP contribution is 2.29. The molecule has 2 aromatic heterocycles. The SMILES string of the molecule is Cc1ccc2c(c1)c1nnc(SCCCC(=O)N3CCN(C(=O)COCc4ccccc4)[C@H](C)C3)nc1n2Cc1ccccc1. The Hall–Kier alpha value is -4.28. The Bertz CT molecular complexity index is 1780. The van der Waals surface area contributed by atoms with Crippen LogP contribution in [0.3, 0.4) is 0 Å². The topological polar surface area (TPSA) is 93.5 Å². The number of aryl methyl sites for hydroxylation is 1. The molecule has 2 amide bonds. The van der Waals surface area contributed by atoms with Crippen molar-refractivity contribution >= 4 is 45.6 Å². The van der Waals surface area contributed by atoms with Crippen LogP contribution in [0.5, 0.6) is 0 Å². The van der Waals surface area contributed by atoms with Gasteiger partial charge in [-0.15, -0.1) is 10.2 Å². The summed E-state index contributed by atoms with van der Waals surface area (Å²) in [5, 5.41) is 10.7. The standard InChI is InChI=1S/C35H38N6O3S/c1-25-15-16-30-29(20-25)33-34(41(30)22-27-10-5-3-6-11-27)36-35(38-37-33)45-19-9-14-31(42)39-17-18-40(26(2)21-39)32(43)24-44-23-28-12-7-4-8-13-28/h3-8,10-13,15-16,20,26H,9,14,17-19,21-24H2,1-2H3/t26-/m1/s1. The maximum Gasteiger partial charge on any atom is 0.248 e. The highest BCUT2D eigenvalue weighted by atomic mass is 32.2. The van der Waals surface area contributed by atoms with E-state index in [1.54, 1.807) is 0 Å². The number of rotatable bonds is 11. The van der Waals surface area contributed by atoms with Gasteiger partial charge in [-0.1, -0.05) is 84.1 Å². The average molecular weight is 623 g/mol. The Labute approximate surface area is 267 Å². The van der Waals surface area contributed by atoms with Crippen LogP contribution in [0, 0.1) is 6.92 Å². The molecule has 0 aliphatic carbocycles. The fraction of sp³-hybridized carbons (Fsp3) is 0.343. The van der Waals surface area contributed by atoms with Crippen LogP contribution in [0.15, 0.2) is 84.0 Å². The van der Waals surface area contributed by atoms with E-state index in [-0.39, 0.29) is 24.5 Å². The van der Waals surface area contributed by atoms with Crippen LogP contribution >= 0.6 is 11.8 Å². The number of carbonyl (C=O) groups excluding carboxylic acids is 2. The Morgan fingerprint density at radius 1 is 0.933 bits per heavy atom. The van der Waals surface area contributed by atoms with E-state index in [1.807, 2.05) is 65.3 Å². The van der Waals surface area contributed by atoms with Crippen molar-refractivity contribution in [3.05, 3.63) is 95.6 Å². The number of amides is 2. The minimum Gasteiger partial charge on any atom is -0.367 e. The number of nitrogens with zero attached hydrogens (tertiary/aromatic N) is 6. The fourth-order valence-electron chi connectivity index (χ4n) is 5.86. The molecule has 10 heteroatoms. The normalized spacial score (nSPS) is 15.2. The van der Waals surface area contributed by atoms with Gasteiger partial charge in [-0.2, -0.15) is 0 Å². The maximum absolute atomic E-state index is 13.0. The number of hydrogen-bond acceptors (Lipinski definition) is 7. The first kappa shape index (κ1) is 30.7. The van der Waals surface area contributed by atoms with Gasteiger partial charge in [0.15, 0.2) is 5.65 Å². The van der Waals surface area contributed by atoms with E-state index >= 15 is 0 Å². The predicted molar refractivity (Wildman–Crippen MR) is 177 cm³/mol. The summed E-state index contributed by atoms with van der Waals surface area (Å²) in [7, 11) is 0. The van der Waals surface area contributed by atoms with Crippen molar-refractivity contribution in [2.75, 3.05) is 32.0 Å². The maximum atomic E-state index is 13.0. The molecule has 1 fully saturated rings. The molecule has 0 N–H and O–H groups in total. The summed E-state index contributed by atoms with van der Waals surface area (Å²) < 4.78 is 7.86. The Kier molecular flexibility index (Phi) is 9.71. The molecule has 1 saturated heterocycles. The van der Waals surface area contributed by atoms with Gasteiger partial charge < -0.3 is 19.1 Å². The first-order valence-electron chi connectivity index (χ1n) is 15.4. The van der Waals surface area contributed by atoms with Crippen LogP contribution < -0.4 is 0 Å². The van der Waals surface area contributed by atoms with Crippen LogP contribution in [-0.2, 0) is 27.5 Å².